The van der Waals surface area contributed by atoms with Crippen molar-refractivity contribution >= 4 is 9.84 Å². The maximum absolute atomic E-state index is 12.8. The van der Waals surface area contributed by atoms with Gasteiger partial charge >= 0.3 is 0 Å². The smallest absolute Gasteiger partial charge is 0.206 e. The Morgan fingerprint density at radius 3 is 2.12 bits per heavy atom. The van der Waals surface area contributed by atoms with Gasteiger partial charge in [0.05, 0.1) is 9.79 Å². The molecule has 0 radical (unpaired) electrons. The van der Waals surface area contributed by atoms with Gasteiger partial charge in [0.2, 0.25) is 9.84 Å². The van der Waals surface area contributed by atoms with Crippen LogP contribution in [0.15, 0.2) is 58.3 Å². The van der Waals surface area contributed by atoms with Crippen LogP contribution in [-0.2, 0) is 9.84 Å². The third kappa shape index (κ3) is 2.22. The first kappa shape index (κ1) is 11.8. The summed E-state index contributed by atoms with van der Waals surface area (Å²) in [4.78, 5) is 0.361. The van der Waals surface area contributed by atoms with Crippen LogP contribution in [0.5, 0.6) is 0 Å². The molecule has 0 atom stereocenters. The number of benzene rings is 2. The van der Waals surface area contributed by atoms with Crippen molar-refractivity contribution in [2.75, 3.05) is 0 Å². The van der Waals surface area contributed by atoms with Crippen molar-refractivity contribution in [3.05, 3.63) is 59.9 Å². The molecule has 0 unspecified atom stereocenters. The molecule has 0 bridgehead atoms. The lowest BCUT2D eigenvalue weighted by atomic mass is 10.2. The van der Waals surface area contributed by atoms with E-state index in [2.05, 4.69) is 0 Å². The van der Waals surface area contributed by atoms with Crippen LogP contribution >= 0.6 is 0 Å². The predicted octanol–water partition coefficient (Wildman–Crippen LogP) is 2.97. The molecule has 88 valence electrons. The summed E-state index contributed by atoms with van der Waals surface area (Å²) in [5, 5.41) is 0. The van der Waals surface area contributed by atoms with Crippen molar-refractivity contribution < 1.29 is 12.8 Å². The van der Waals surface area contributed by atoms with Crippen LogP contribution in [0.1, 0.15) is 5.56 Å². The molecule has 0 saturated carbocycles. The highest BCUT2D eigenvalue weighted by Gasteiger charge is 2.19. The number of sulfone groups is 1. The predicted molar refractivity (Wildman–Crippen MR) is 63.0 cm³/mol. The molecule has 2 aromatic carbocycles. The largest absolute Gasteiger partial charge is 0.219 e. The van der Waals surface area contributed by atoms with Crippen molar-refractivity contribution in [1.82, 2.24) is 0 Å². The van der Waals surface area contributed by atoms with Gasteiger partial charge in [0.25, 0.3) is 0 Å². The maximum Gasteiger partial charge on any atom is 0.206 e. The highest BCUT2D eigenvalue weighted by atomic mass is 32.2. The molecular weight excluding hydrogens is 239 g/mol. The zero-order valence-electron chi connectivity index (χ0n) is 9.22. The Kier molecular flexibility index (Phi) is 2.98. The molecule has 0 heterocycles. The molecular formula is C13H11FO2S. The molecule has 0 aliphatic heterocycles. The summed E-state index contributed by atoms with van der Waals surface area (Å²) in [5.74, 6) is -0.450. The molecule has 4 heteroatoms. The molecule has 0 amide bonds. The van der Waals surface area contributed by atoms with Gasteiger partial charge in [0.15, 0.2) is 0 Å². The first-order valence-electron chi connectivity index (χ1n) is 5.08. The minimum atomic E-state index is -3.55. The van der Waals surface area contributed by atoms with E-state index in [0.29, 0.717) is 5.56 Å². The van der Waals surface area contributed by atoms with Gasteiger partial charge < -0.3 is 0 Å². The van der Waals surface area contributed by atoms with Crippen molar-refractivity contribution in [3.63, 3.8) is 0 Å². The van der Waals surface area contributed by atoms with Crippen LogP contribution in [0.3, 0.4) is 0 Å². The number of halogens is 1. The Bertz CT molecular complexity index is 631. The first-order valence-corrected chi connectivity index (χ1v) is 6.56. The quantitative estimate of drug-likeness (QED) is 0.768. The minimum absolute atomic E-state index is 0.105. The second kappa shape index (κ2) is 4.30. The average molecular weight is 250 g/mol. The van der Waals surface area contributed by atoms with E-state index in [1.165, 1.54) is 12.1 Å². The van der Waals surface area contributed by atoms with Gasteiger partial charge in [-0.3, -0.25) is 0 Å². The number of aryl methyl sites for hydroxylation is 1. The van der Waals surface area contributed by atoms with Crippen molar-refractivity contribution in [2.45, 2.75) is 16.7 Å². The second-order valence-electron chi connectivity index (χ2n) is 3.72. The van der Waals surface area contributed by atoms with E-state index >= 15 is 0 Å². The first-order chi connectivity index (χ1) is 8.01. The number of rotatable bonds is 2. The molecule has 0 spiro atoms. The summed E-state index contributed by atoms with van der Waals surface area (Å²) in [5.41, 5.74) is 0.678. The van der Waals surface area contributed by atoms with Gasteiger partial charge in [-0.2, -0.15) is 0 Å². The van der Waals surface area contributed by atoms with Crippen LogP contribution < -0.4 is 0 Å². The minimum Gasteiger partial charge on any atom is -0.219 e. The van der Waals surface area contributed by atoms with Gasteiger partial charge in [-0.15, -0.1) is 0 Å². The van der Waals surface area contributed by atoms with E-state index in [9.17, 15) is 12.8 Å². The maximum atomic E-state index is 12.8. The van der Waals surface area contributed by atoms with Gasteiger partial charge in [-0.1, -0.05) is 18.2 Å². The summed E-state index contributed by atoms with van der Waals surface area (Å²) in [6.07, 6.45) is 0. The molecule has 0 N–H and O–H groups in total. The number of hydrogen-bond acceptors (Lipinski definition) is 2. The normalized spacial score (nSPS) is 11.4. The van der Waals surface area contributed by atoms with Crippen LogP contribution in [0, 0.1) is 12.7 Å². The molecule has 0 aliphatic carbocycles. The van der Waals surface area contributed by atoms with Gasteiger partial charge in [0.1, 0.15) is 5.82 Å². The molecule has 0 saturated heterocycles. The lowest BCUT2D eigenvalue weighted by molar-refractivity contribution is 0.594. The Hall–Kier alpha value is -1.68. The third-order valence-electron chi connectivity index (χ3n) is 2.51. The summed E-state index contributed by atoms with van der Waals surface area (Å²) < 4.78 is 37.2. The molecule has 0 aliphatic rings. The zero-order chi connectivity index (χ0) is 12.5. The van der Waals surface area contributed by atoms with Crippen molar-refractivity contribution in [3.8, 4) is 0 Å². The average Bonchev–Trinajstić information content (AvgIpc) is 2.30. The second-order valence-corrected chi connectivity index (χ2v) is 5.64. The molecule has 17 heavy (non-hydrogen) atoms. The van der Waals surface area contributed by atoms with Crippen LogP contribution in [-0.4, -0.2) is 8.42 Å². The van der Waals surface area contributed by atoms with Crippen LogP contribution in [0.2, 0.25) is 0 Å². The fraction of sp³-hybridized carbons (Fsp3) is 0.0769. The Morgan fingerprint density at radius 1 is 0.941 bits per heavy atom. The number of hydrogen-bond donors (Lipinski definition) is 0. The Morgan fingerprint density at radius 2 is 1.53 bits per heavy atom. The van der Waals surface area contributed by atoms with Crippen molar-refractivity contribution in [2.24, 2.45) is 0 Å². The van der Waals surface area contributed by atoms with Gasteiger partial charge in [-0.05, 0) is 42.8 Å². The highest BCUT2D eigenvalue weighted by Crippen LogP contribution is 2.23. The standard InChI is InChI=1S/C13H11FO2S/c1-10-4-2-3-5-13(10)17(15,16)12-8-6-11(14)7-9-12/h2-9H,1H3. The summed E-state index contributed by atoms with van der Waals surface area (Å²) in [7, 11) is -3.55. The van der Waals surface area contributed by atoms with E-state index in [1.54, 1.807) is 31.2 Å². The van der Waals surface area contributed by atoms with Gasteiger partial charge in [-0.25, -0.2) is 12.8 Å². The molecule has 2 aromatic rings. The van der Waals surface area contributed by atoms with E-state index in [0.717, 1.165) is 12.1 Å². The molecule has 0 aromatic heterocycles. The molecule has 2 nitrogen and oxygen atoms in total. The fourth-order valence-electron chi connectivity index (χ4n) is 1.60. The van der Waals surface area contributed by atoms with Crippen molar-refractivity contribution in [1.29, 1.82) is 0 Å². The van der Waals surface area contributed by atoms with E-state index in [1.807, 2.05) is 0 Å². The van der Waals surface area contributed by atoms with Crippen LogP contribution in [0.25, 0.3) is 0 Å². The summed E-state index contributed by atoms with van der Waals surface area (Å²) in [6.45, 7) is 1.73. The Balaban J connectivity index is 2.58. The van der Waals surface area contributed by atoms with Crippen LogP contribution in [0.4, 0.5) is 4.39 Å². The van der Waals surface area contributed by atoms with Gasteiger partial charge in [0, 0.05) is 0 Å². The SMILES string of the molecule is Cc1ccccc1S(=O)(=O)c1ccc(F)cc1. The van der Waals surface area contributed by atoms with E-state index in [4.69, 9.17) is 0 Å². The lowest BCUT2D eigenvalue weighted by Gasteiger charge is -2.07. The topological polar surface area (TPSA) is 34.1 Å². The highest BCUT2D eigenvalue weighted by molar-refractivity contribution is 7.91. The summed E-state index contributed by atoms with van der Waals surface area (Å²) >= 11 is 0. The van der Waals surface area contributed by atoms with E-state index in [-0.39, 0.29) is 9.79 Å². The molecule has 0 fully saturated rings. The monoisotopic (exact) mass is 250 g/mol. The Labute approximate surface area is 99.6 Å². The summed E-state index contributed by atoms with van der Waals surface area (Å²) in [6, 6.07) is 11.6. The lowest BCUT2D eigenvalue weighted by Crippen LogP contribution is -2.03. The van der Waals surface area contributed by atoms with E-state index < -0.39 is 15.7 Å². The fourth-order valence-corrected chi connectivity index (χ4v) is 3.10. The molecule has 2 rings (SSSR count). The zero-order valence-corrected chi connectivity index (χ0v) is 10.0. The third-order valence-corrected chi connectivity index (χ3v) is 4.44.